The van der Waals surface area contributed by atoms with E-state index in [9.17, 15) is 14.4 Å². The zero-order chi connectivity index (χ0) is 23.4. The van der Waals surface area contributed by atoms with Gasteiger partial charge in [-0.25, -0.2) is 0 Å². The van der Waals surface area contributed by atoms with Crippen molar-refractivity contribution in [2.75, 3.05) is 20.2 Å². The lowest BCUT2D eigenvalue weighted by Crippen LogP contribution is -2.46. The molecule has 0 bridgehead atoms. The molecule has 170 valence electrons. The number of furan rings is 1. The molecule has 8 nitrogen and oxygen atoms in total. The number of nitrogens with one attached hydrogen (secondary N) is 1. The summed E-state index contributed by atoms with van der Waals surface area (Å²) in [5.74, 6) is -0.0889. The van der Waals surface area contributed by atoms with E-state index in [1.807, 2.05) is 36.4 Å². The Labute approximate surface area is 194 Å². The lowest BCUT2D eigenvalue weighted by molar-refractivity contribution is -0.126. The standard InChI is InChI=1S/C26H21N3O5/c1-33-18-6-4-16-13-29(24(31)19(16)11-18)14-26(12-23(30)28-25(26)32)22-10-17-9-15(5-7-21(17)34-22)20-3-2-8-27-20/h2-7,9-11H,8,12-14H2,1H3,(H,28,30,32)/t26-/m1/s1. The molecule has 1 atom stereocenters. The molecule has 4 heterocycles. The van der Waals surface area contributed by atoms with Crippen LogP contribution in [0.1, 0.15) is 33.7 Å². The molecule has 1 aromatic heterocycles. The highest BCUT2D eigenvalue weighted by Crippen LogP contribution is 2.39. The molecule has 3 aliphatic heterocycles. The van der Waals surface area contributed by atoms with Crippen molar-refractivity contribution in [1.29, 1.82) is 0 Å². The summed E-state index contributed by atoms with van der Waals surface area (Å²) in [6.07, 6.45) is 3.88. The molecule has 2 aromatic carbocycles. The number of methoxy groups -OCH3 is 1. The quantitative estimate of drug-likeness (QED) is 0.596. The van der Waals surface area contributed by atoms with Gasteiger partial charge in [0.2, 0.25) is 11.8 Å². The highest BCUT2D eigenvalue weighted by Gasteiger charge is 2.53. The van der Waals surface area contributed by atoms with Gasteiger partial charge in [-0.1, -0.05) is 12.1 Å². The largest absolute Gasteiger partial charge is 0.497 e. The first kappa shape index (κ1) is 20.4. The number of rotatable bonds is 5. The fourth-order valence-corrected chi connectivity index (χ4v) is 4.96. The van der Waals surface area contributed by atoms with E-state index in [1.165, 1.54) is 0 Å². The van der Waals surface area contributed by atoms with Crippen LogP contribution in [0, 0.1) is 0 Å². The third-order valence-corrected chi connectivity index (χ3v) is 6.73. The van der Waals surface area contributed by atoms with Crippen molar-refractivity contribution < 1.29 is 23.5 Å². The summed E-state index contributed by atoms with van der Waals surface area (Å²) in [4.78, 5) is 44.7. The third-order valence-electron chi connectivity index (χ3n) is 6.73. The van der Waals surface area contributed by atoms with E-state index in [2.05, 4.69) is 10.3 Å². The van der Waals surface area contributed by atoms with Gasteiger partial charge in [-0.05, 0) is 48.0 Å². The molecule has 0 aliphatic carbocycles. The molecular weight excluding hydrogens is 434 g/mol. The van der Waals surface area contributed by atoms with Crippen molar-refractivity contribution in [2.24, 2.45) is 4.99 Å². The van der Waals surface area contributed by atoms with Crippen LogP contribution in [-0.2, 0) is 21.5 Å². The summed E-state index contributed by atoms with van der Waals surface area (Å²) in [5.41, 5.74) is 2.54. The molecular formula is C26H21N3O5. The number of allylic oxidation sites excluding steroid dienone is 1. The number of ether oxygens (including phenoxy) is 1. The molecule has 6 rings (SSSR count). The Hall–Kier alpha value is -4.20. The number of hydrogen-bond acceptors (Lipinski definition) is 6. The monoisotopic (exact) mass is 455 g/mol. The smallest absolute Gasteiger partial charge is 0.254 e. The number of imide groups is 1. The summed E-state index contributed by atoms with van der Waals surface area (Å²) in [5, 5.41) is 3.22. The van der Waals surface area contributed by atoms with Crippen molar-refractivity contribution in [3.8, 4) is 5.75 Å². The molecule has 1 saturated heterocycles. The molecule has 8 heteroatoms. The normalized spacial score (nSPS) is 21.4. The second-order valence-electron chi connectivity index (χ2n) is 8.81. The molecule has 0 radical (unpaired) electrons. The summed E-state index contributed by atoms with van der Waals surface area (Å²) < 4.78 is 11.4. The first-order chi connectivity index (χ1) is 16.5. The Morgan fingerprint density at radius 3 is 2.76 bits per heavy atom. The minimum absolute atomic E-state index is 0.0303. The fraction of sp³-hybridized carbons (Fsp3) is 0.231. The SMILES string of the molecule is COc1ccc2c(c1)C(=O)N(C[C@@]1(c3cc4cc(C5=NCC=C5)ccc4o3)CC(=O)NC1=O)C2. The number of benzene rings is 2. The summed E-state index contributed by atoms with van der Waals surface area (Å²) >= 11 is 0. The molecule has 3 aliphatic rings. The van der Waals surface area contributed by atoms with Crippen molar-refractivity contribution in [3.05, 3.63) is 77.1 Å². The zero-order valence-electron chi connectivity index (χ0n) is 18.5. The maximum absolute atomic E-state index is 13.2. The molecule has 3 aromatic rings. The molecule has 34 heavy (non-hydrogen) atoms. The molecule has 0 spiro atoms. The number of aliphatic imine (C=N–C) groups is 1. The first-order valence-corrected chi connectivity index (χ1v) is 11.0. The molecule has 1 N–H and O–H groups in total. The number of fused-ring (bicyclic) bond motifs is 2. The van der Waals surface area contributed by atoms with Crippen molar-refractivity contribution in [2.45, 2.75) is 18.4 Å². The van der Waals surface area contributed by atoms with Crippen molar-refractivity contribution in [1.82, 2.24) is 10.2 Å². The van der Waals surface area contributed by atoms with Crippen LogP contribution in [0.5, 0.6) is 5.75 Å². The molecule has 1 fully saturated rings. The lowest BCUT2D eigenvalue weighted by atomic mass is 9.82. The highest BCUT2D eigenvalue weighted by atomic mass is 16.5. The average molecular weight is 455 g/mol. The fourth-order valence-electron chi connectivity index (χ4n) is 4.96. The van der Waals surface area contributed by atoms with Gasteiger partial charge in [0.1, 0.15) is 22.5 Å². The summed E-state index contributed by atoms with van der Waals surface area (Å²) in [6, 6.07) is 12.9. The number of carbonyl (C=O) groups is 3. The maximum atomic E-state index is 13.2. The van der Waals surface area contributed by atoms with Crippen LogP contribution in [0.15, 0.2) is 64.0 Å². The van der Waals surface area contributed by atoms with Crippen LogP contribution in [-0.4, -0.2) is 48.5 Å². The van der Waals surface area contributed by atoms with Gasteiger partial charge in [-0.2, -0.15) is 0 Å². The number of hydrogen-bond donors (Lipinski definition) is 1. The Morgan fingerprint density at radius 2 is 2.03 bits per heavy atom. The Morgan fingerprint density at radius 1 is 1.15 bits per heavy atom. The number of amides is 3. The second-order valence-corrected chi connectivity index (χ2v) is 8.81. The van der Waals surface area contributed by atoms with Gasteiger partial charge in [0.05, 0.1) is 25.8 Å². The van der Waals surface area contributed by atoms with Crippen molar-refractivity contribution in [3.63, 3.8) is 0 Å². The van der Waals surface area contributed by atoms with Gasteiger partial charge in [-0.15, -0.1) is 0 Å². The van der Waals surface area contributed by atoms with Crippen LogP contribution in [0.4, 0.5) is 0 Å². The van der Waals surface area contributed by atoms with Crippen LogP contribution in [0.3, 0.4) is 0 Å². The van der Waals surface area contributed by atoms with Gasteiger partial charge >= 0.3 is 0 Å². The number of carbonyl (C=O) groups excluding carboxylic acids is 3. The number of nitrogens with zero attached hydrogens (tertiary/aromatic N) is 2. The summed E-state index contributed by atoms with van der Waals surface area (Å²) in [7, 11) is 1.55. The molecule has 0 unspecified atom stereocenters. The minimum atomic E-state index is -1.30. The van der Waals surface area contributed by atoms with E-state index in [0.29, 0.717) is 35.7 Å². The Balaban J connectivity index is 1.38. The van der Waals surface area contributed by atoms with E-state index in [4.69, 9.17) is 9.15 Å². The van der Waals surface area contributed by atoms with Crippen LogP contribution in [0.25, 0.3) is 11.0 Å². The predicted molar refractivity (Wildman–Crippen MR) is 124 cm³/mol. The van der Waals surface area contributed by atoms with Crippen LogP contribution < -0.4 is 10.1 Å². The topological polar surface area (TPSA) is 101 Å². The van der Waals surface area contributed by atoms with Gasteiger partial charge in [0, 0.05) is 29.6 Å². The van der Waals surface area contributed by atoms with E-state index >= 15 is 0 Å². The maximum Gasteiger partial charge on any atom is 0.254 e. The first-order valence-electron chi connectivity index (χ1n) is 11.0. The van der Waals surface area contributed by atoms with E-state index in [0.717, 1.165) is 22.2 Å². The molecule has 3 amide bonds. The van der Waals surface area contributed by atoms with E-state index in [1.54, 1.807) is 30.2 Å². The average Bonchev–Trinajstić information content (AvgIpc) is 3.61. The minimum Gasteiger partial charge on any atom is -0.497 e. The van der Waals surface area contributed by atoms with E-state index in [-0.39, 0.29) is 24.8 Å². The second kappa shape index (κ2) is 7.41. The van der Waals surface area contributed by atoms with Gasteiger partial charge in [-0.3, -0.25) is 24.7 Å². The van der Waals surface area contributed by atoms with Crippen LogP contribution >= 0.6 is 0 Å². The third kappa shape index (κ3) is 3.06. The van der Waals surface area contributed by atoms with Gasteiger partial charge in [0.25, 0.3) is 5.91 Å². The lowest BCUT2D eigenvalue weighted by Gasteiger charge is -2.28. The van der Waals surface area contributed by atoms with Crippen LogP contribution in [0.2, 0.25) is 0 Å². The highest BCUT2D eigenvalue weighted by molar-refractivity contribution is 6.12. The van der Waals surface area contributed by atoms with Crippen molar-refractivity contribution >= 4 is 34.4 Å². The van der Waals surface area contributed by atoms with Gasteiger partial charge < -0.3 is 14.1 Å². The summed E-state index contributed by atoms with van der Waals surface area (Å²) in [6.45, 7) is 1.04. The Bertz CT molecular complexity index is 1450. The predicted octanol–water partition coefficient (Wildman–Crippen LogP) is 2.74. The Kier molecular flexibility index (Phi) is 4.45. The zero-order valence-corrected chi connectivity index (χ0v) is 18.5. The van der Waals surface area contributed by atoms with E-state index < -0.39 is 11.3 Å². The van der Waals surface area contributed by atoms with Gasteiger partial charge in [0.15, 0.2) is 0 Å². The molecule has 0 saturated carbocycles.